The molecule has 2 aromatic rings. The Bertz CT molecular complexity index is 611. The Kier molecular flexibility index (Phi) is 4.31. The number of carbonyl (C=O) groups is 1. The summed E-state index contributed by atoms with van der Waals surface area (Å²) < 4.78 is 28.2. The van der Waals surface area contributed by atoms with Gasteiger partial charge in [-0.1, -0.05) is 5.16 Å². The smallest absolute Gasteiger partial charge is 0.339 e. The second kappa shape index (κ2) is 6.16. The molecule has 1 heterocycles. The molecule has 0 spiro atoms. The van der Waals surface area contributed by atoms with E-state index < -0.39 is 11.8 Å². The molecule has 0 radical (unpaired) electrons. The molecular formula is C13H12FNO5. The van der Waals surface area contributed by atoms with Gasteiger partial charge in [0, 0.05) is 19.2 Å². The molecule has 20 heavy (non-hydrogen) atoms. The molecule has 6 nitrogen and oxygen atoms in total. The van der Waals surface area contributed by atoms with Crippen LogP contribution in [0.1, 0.15) is 21.8 Å². The summed E-state index contributed by atoms with van der Waals surface area (Å²) in [6.07, 6.45) is 0. The predicted octanol–water partition coefficient (Wildman–Crippen LogP) is 2.24. The summed E-state index contributed by atoms with van der Waals surface area (Å²) in [6, 6.07) is 4.83. The van der Waals surface area contributed by atoms with Crippen molar-refractivity contribution < 1.29 is 28.3 Å². The quantitative estimate of drug-likeness (QED) is 0.874. The van der Waals surface area contributed by atoms with Crippen LogP contribution in [0.25, 0.3) is 0 Å². The van der Waals surface area contributed by atoms with Crippen molar-refractivity contribution in [1.82, 2.24) is 5.16 Å². The van der Waals surface area contributed by atoms with Gasteiger partial charge in [0.2, 0.25) is 0 Å². The number of aromatic nitrogens is 1. The first-order valence-electron chi connectivity index (χ1n) is 5.69. The SMILES string of the molecule is COCc1cc(COc2cc(F)ccc2C(=O)O)no1. The monoisotopic (exact) mass is 281 g/mol. The average molecular weight is 281 g/mol. The van der Waals surface area contributed by atoms with Crippen LogP contribution >= 0.6 is 0 Å². The lowest BCUT2D eigenvalue weighted by atomic mass is 10.2. The summed E-state index contributed by atoms with van der Waals surface area (Å²) in [6.45, 7) is 0.240. The Morgan fingerprint density at radius 1 is 1.40 bits per heavy atom. The number of carboxylic acids is 1. The van der Waals surface area contributed by atoms with Crippen molar-refractivity contribution in [2.75, 3.05) is 7.11 Å². The fourth-order valence-electron chi connectivity index (χ4n) is 1.58. The average Bonchev–Trinajstić information content (AvgIpc) is 2.84. The molecule has 1 aromatic carbocycles. The van der Waals surface area contributed by atoms with Crippen LogP contribution < -0.4 is 4.74 Å². The van der Waals surface area contributed by atoms with Crippen LogP contribution in [0.3, 0.4) is 0 Å². The summed E-state index contributed by atoms with van der Waals surface area (Å²) >= 11 is 0. The van der Waals surface area contributed by atoms with Gasteiger partial charge in [-0.25, -0.2) is 9.18 Å². The molecule has 1 aromatic heterocycles. The van der Waals surface area contributed by atoms with Gasteiger partial charge in [0.05, 0.1) is 0 Å². The van der Waals surface area contributed by atoms with Gasteiger partial charge in [-0.15, -0.1) is 0 Å². The molecule has 0 aliphatic heterocycles. The van der Waals surface area contributed by atoms with Gasteiger partial charge >= 0.3 is 5.97 Å². The number of halogens is 1. The Balaban J connectivity index is 2.09. The summed E-state index contributed by atoms with van der Waals surface area (Å²) in [5, 5.41) is 12.7. The van der Waals surface area contributed by atoms with Crippen LogP contribution in [0, 0.1) is 5.82 Å². The number of methoxy groups -OCH3 is 1. The maximum absolute atomic E-state index is 13.1. The molecule has 106 valence electrons. The van der Waals surface area contributed by atoms with Gasteiger partial charge in [0.1, 0.15) is 36.0 Å². The first-order chi connectivity index (χ1) is 9.60. The van der Waals surface area contributed by atoms with Crippen LogP contribution in [-0.2, 0) is 18.0 Å². The summed E-state index contributed by atoms with van der Waals surface area (Å²) in [5.74, 6) is -1.32. The standard InChI is InChI=1S/C13H12FNO5/c1-18-7-10-5-9(15-20-10)6-19-12-4-8(14)2-3-11(12)13(16)17/h2-5H,6-7H2,1H3,(H,16,17). The molecule has 0 atom stereocenters. The number of rotatable bonds is 6. The van der Waals surface area contributed by atoms with Crippen molar-refractivity contribution in [3.8, 4) is 5.75 Å². The van der Waals surface area contributed by atoms with Crippen LogP contribution in [-0.4, -0.2) is 23.3 Å². The maximum Gasteiger partial charge on any atom is 0.339 e. The van der Waals surface area contributed by atoms with E-state index in [9.17, 15) is 9.18 Å². The number of hydrogen-bond donors (Lipinski definition) is 1. The number of benzene rings is 1. The van der Waals surface area contributed by atoms with Crippen molar-refractivity contribution in [2.45, 2.75) is 13.2 Å². The van der Waals surface area contributed by atoms with Gasteiger partial charge in [-0.3, -0.25) is 0 Å². The first kappa shape index (κ1) is 14.0. The Morgan fingerprint density at radius 3 is 2.90 bits per heavy atom. The summed E-state index contributed by atoms with van der Waals surface area (Å²) in [7, 11) is 1.52. The number of nitrogens with zero attached hydrogens (tertiary/aromatic N) is 1. The Morgan fingerprint density at radius 2 is 2.20 bits per heavy atom. The van der Waals surface area contributed by atoms with Crippen molar-refractivity contribution in [3.63, 3.8) is 0 Å². The van der Waals surface area contributed by atoms with E-state index in [0.717, 1.165) is 18.2 Å². The topological polar surface area (TPSA) is 81.8 Å². The third-order valence-electron chi connectivity index (χ3n) is 2.44. The van der Waals surface area contributed by atoms with Gasteiger partial charge in [-0.05, 0) is 12.1 Å². The molecule has 0 aliphatic rings. The van der Waals surface area contributed by atoms with Crippen molar-refractivity contribution in [2.24, 2.45) is 0 Å². The third-order valence-corrected chi connectivity index (χ3v) is 2.44. The molecule has 1 N–H and O–H groups in total. The first-order valence-corrected chi connectivity index (χ1v) is 5.69. The van der Waals surface area contributed by atoms with Crippen molar-refractivity contribution in [3.05, 3.63) is 47.1 Å². The van der Waals surface area contributed by atoms with Crippen LogP contribution in [0.15, 0.2) is 28.8 Å². The fourth-order valence-corrected chi connectivity index (χ4v) is 1.58. The van der Waals surface area contributed by atoms with Crippen LogP contribution in [0.2, 0.25) is 0 Å². The molecule has 0 saturated carbocycles. The summed E-state index contributed by atoms with van der Waals surface area (Å²) in [5.41, 5.74) is 0.338. The highest BCUT2D eigenvalue weighted by molar-refractivity contribution is 5.90. The molecule has 0 fully saturated rings. The van der Waals surface area contributed by atoms with Crippen LogP contribution in [0.4, 0.5) is 4.39 Å². The van der Waals surface area contributed by atoms with Gasteiger partial charge < -0.3 is 19.1 Å². The lowest BCUT2D eigenvalue weighted by molar-refractivity contribution is 0.0691. The zero-order valence-electron chi connectivity index (χ0n) is 10.6. The Labute approximate surface area is 113 Å². The van der Waals surface area contributed by atoms with E-state index >= 15 is 0 Å². The minimum Gasteiger partial charge on any atom is -0.486 e. The minimum absolute atomic E-state index is 0.0308. The largest absolute Gasteiger partial charge is 0.486 e. The van der Waals surface area contributed by atoms with Gasteiger partial charge in [-0.2, -0.15) is 0 Å². The fraction of sp³-hybridized carbons (Fsp3) is 0.231. The van der Waals surface area contributed by atoms with Crippen molar-refractivity contribution >= 4 is 5.97 Å². The van der Waals surface area contributed by atoms with E-state index in [2.05, 4.69) is 5.16 Å². The van der Waals surface area contributed by atoms with E-state index in [0.29, 0.717) is 11.5 Å². The van der Waals surface area contributed by atoms with Crippen LogP contribution in [0.5, 0.6) is 5.75 Å². The highest BCUT2D eigenvalue weighted by atomic mass is 19.1. The molecule has 0 bridgehead atoms. The molecule has 0 saturated heterocycles. The van der Waals surface area contributed by atoms with Gasteiger partial charge in [0.25, 0.3) is 0 Å². The number of aromatic carboxylic acids is 1. The molecular weight excluding hydrogens is 269 g/mol. The minimum atomic E-state index is -1.19. The van der Waals surface area contributed by atoms with E-state index in [-0.39, 0.29) is 24.5 Å². The lowest BCUT2D eigenvalue weighted by Crippen LogP contribution is -2.04. The van der Waals surface area contributed by atoms with Crippen molar-refractivity contribution in [1.29, 1.82) is 0 Å². The molecule has 0 amide bonds. The molecule has 7 heteroatoms. The van der Waals surface area contributed by atoms with Gasteiger partial charge in [0.15, 0.2) is 5.76 Å². The highest BCUT2D eigenvalue weighted by Crippen LogP contribution is 2.21. The molecule has 2 rings (SSSR count). The normalized spacial score (nSPS) is 10.5. The zero-order chi connectivity index (χ0) is 14.5. The number of hydrogen-bond acceptors (Lipinski definition) is 5. The maximum atomic E-state index is 13.1. The lowest BCUT2D eigenvalue weighted by Gasteiger charge is -2.07. The van der Waals surface area contributed by atoms with E-state index in [4.69, 9.17) is 19.1 Å². The van der Waals surface area contributed by atoms with E-state index in [1.165, 1.54) is 7.11 Å². The zero-order valence-corrected chi connectivity index (χ0v) is 10.6. The van der Waals surface area contributed by atoms with E-state index in [1.807, 2.05) is 0 Å². The summed E-state index contributed by atoms with van der Waals surface area (Å²) in [4.78, 5) is 11.0. The third kappa shape index (κ3) is 3.33. The number of ether oxygens (including phenoxy) is 2. The highest BCUT2D eigenvalue weighted by Gasteiger charge is 2.13. The molecule has 0 unspecified atom stereocenters. The second-order valence-corrected chi connectivity index (χ2v) is 3.95. The number of carboxylic acid groups (broad SMARTS) is 1. The second-order valence-electron chi connectivity index (χ2n) is 3.95. The molecule has 0 aliphatic carbocycles. The predicted molar refractivity (Wildman–Crippen MR) is 64.9 cm³/mol. The Hall–Kier alpha value is -2.41. The van der Waals surface area contributed by atoms with E-state index in [1.54, 1.807) is 6.07 Å².